The van der Waals surface area contributed by atoms with Crippen molar-refractivity contribution in [3.05, 3.63) is 93.1 Å². The summed E-state index contributed by atoms with van der Waals surface area (Å²) in [6.07, 6.45) is 0. The Bertz CT molecular complexity index is 1300. The van der Waals surface area contributed by atoms with E-state index in [1.165, 1.54) is 12.1 Å². The number of ketones is 1. The molecule has 1 amide bonds. The van der Waals surface area contributed by atoms with Gasteiger partial charge >= 0.3 is 0 Å². The Morgan fingerprint density at radius 3 is 2.13 bits per heavy atom. The molecule has 0 aliphatic heterocycles. The van der Waals surface area contributed by atoms with Crippen molar-refractivity contribution in [2.75, 3.05) is 5.32 Å². The lowest BCUT2D eigenvalue weighted by atomic mass is 10.1. The zero-order chi connectivity index (χ0) is 22.1. The smallest absolute Gasteiger partial charge is 0.296 e. The average Bonchev–Trinajstić information content (AvgIpc) is 3.01. The molecule has 4 rings (SSSR count). The topological polar surface area (TPSA) is 71.3 Å². The molecule has 5 nitrogen and oxygen atoms in total. The summed E-state index contributed by atoms with van der Waals surface area (Å²) in [7, 11) is 0. The van der Waals surface area contributed by atoms with E-state index in [0.29, 0.717) is 33.2 Å². The largest absolute Gasteiger partial charge is 0.508 e. The van der Waals surface area contributed by atoms with Crippen LogP contribution in [0.5, 0.6) is 5.75 Å². The molecule has 0 radical (unpaired) electrons. The van der Waals surface area contributed by atoms with Crippen LogP contribution in [-0.2, 0) is 11.3 Å². The molecule has 4 aromatic rings. The number of aromatic nitrogens is 1. The maximum absolute atomic E-state index is 13.0. The Kier molecular flexibility index (Phi) is 5.92. The summed E-state index contributed by atoms with van der Waals surface area (Å²) in [5.74, 6) is -1.71. The summed E-state index contributed by atoms with van der Waals surface area (Å²) in [6, 6.07) is 18.2. The number of hydrogen-bond acceptors (Lipinski definition) is 3. The van der Waals surface area contributed by atoms with Gasteiger partial charge < -0.3 is 15.0 Å². The maximum atomic E-state index is 13.0. The summed E-state index contributed by atoms with van der Waals surface area (Å²) in [5, 5.41) is 14.1. The van der Waals surface area contributed by atoms with Gasteiger partial charge in [-0.25, -0.2) is 0 Å². The third-order valence-corrected chi connectivity index (χ3v) is 5.67. The number of rotatable bonds is 5. The number of hydrogen-bond donors (Lipinski definition) is 2. The fraction of sp³-hybridized carbons (Fsp3) is 0.0435. The lowest BCUT2D eigenvalue weighted by Crippen LogP contribution is -2.23. The Labute approximate surface area is 192 Å². The van der Waals surface area contributed by atoms with Crippen molar-refractivity contribution in [2.45, 2.75) is 6.54 Å². The van der Waals surface area contributed by atoms with Gasteiger partial charge in [-0.05, 0) is 60.2 Å². The quantitative estimate of drug-likeness (QED) is 0.269. The molecule has 3 aromatic carbocycles. The molecule has 0 bridgehead atoms. The van der Waals surface area contributed by atoms with Crippen molar-refractivity contribution in [2.24, 2.45) is 0 Å². The average molecular weight is 474 g/mol. The number of benzene rings is 3. The molecule has 0 atom stereocenters. The van der Waals surface area contributed by atoms with Crippen LogP contribution in [0.2, 0.25) is 15.2 Å². The third kappa shape index (κ3) is 4.39. The predicted octanol–water partition coefficient (Wildman–Crippen LogP) is 6.18. The highest BCUT2D eigenvalue weighted by Crippen LogP contribution is 2.34. The second-order valence-corrected chi connectivity index (χ2v) is 8.10. The molecule has 1 aromatic heterocycles. The first-order chi connectivity index (χ1) is 14.8. The first-order valence-corrected chi connectivity index (χ1v) is 10.3. The molecular formula is C23H15Cl3N2O3. The zero-order valence-corrected chi connectivity index (χ0v) is 18.2. The van der Waals surface area contributed by atoms with Gasteiger partial charge in [-0.15, -0.1) is 0 Å². The van der Waals surface area contributed by atoms with Crippen LogP contribution in [0.3, 0.4) is 0 Å². The second kappa shape index (κ2) is 8.63. The van der Waals surface area contributed by atoms with Crippen molar-refractivity contribution >= 4 is 63.1 Å². The van der Waals surface area contributed by atoms with Gasteiger partial charge in [-0.1, -0.05) is 46.9 Å². The van der Waals surface area contributed by atoms with Gasteiger partial charge in [0, 0.05) is 27.7 Å². The molecule has 1 heterocycles. The van der Waals surface area contributed by atoms with E-state index in [-0.39, 0.29) is 16.5 Å². The van der Waals surface area contributed by atoms with Crippen LogP contribution in [0.1, 0.15) is 15.9 Å². The van der Waals surface area contributed by atoms with Crippen LogP contribution >= 0.6 is 34.8 Å². The van der Waals surface area contributed by atoms with E-state index in [2.05, 4.69) is 5.32 Å². The lowest BCUT2D eigenvalue weighted by molar-refractivity contribution is -0.112. The van der Waals surface area contributed by atoms with E-state index in [1.807, 2.05) is 12.1 Å². The van der Waals surface area contributed by atoms with Gasteiger partial charge in [0.05, 0.1) is 11.1 Å². The first-order valence-electron chi connectivity index (χ1n) is 9.20. The van der Waals surface area contributed by atoms with E-state index < -0.39 is 11.7 Å². The molecule has 8 heteroatoms. The SMILES string of the molecule is O=C(Nc1ccc(Cl)cc1)C(=O)c1c(Cl)n(Cc2ccc(Cl)cc2)c2ccc(O)cc12. The van der Waals surface area contributed by atoms with E-state index in [1.54, 1.807) is 47.0 Å². The summed E-state index contributed by atoms with van der Waals surface area (Å²) < 4.78 is 1.71. The van der Waals surface area contributed by atoms with Crippen LogP contribution in [-0.4, -0.2) is 21.4 Å². The lowest BCUT2D eigenvalue weighted by Gasteiger charge is -2.08. The monoisotopic (exact) mass is 472 g/mol. The number of phenols is 1. The highest BCUT2D eigenvalue weighted by molar-refractivity contribution is 6.52. The molecule has 0 spiro atoms. The number of aromatic hydroxyl groups is 1. The highest BCUT2D eigenvalue weighted by atomic mass is 35.5. The number of anilines is 1. The number of amides is 1. The molecule has 0 fully saturated rings. The second-order valence-electron chi connectivity index (χ2n) is 6.87. The van der Waals surface area contributed by atoms with Gasteiger partial charge in [0.2, 0.25) is 0 Å². The normalized spacial score (nSPS) is 10.9. The predicted molar refractivity (Wildman–Crippen MR) is 124 cm³/mol. The van der Waals surface area contributed by atoms with Crippen molar-refractivity contribution in [3.63, 3.8) is 0 Å². The number of halogens is 3. The van der Waals surface area contributed by atoms with Crippen molar-refractivity contribution < 1.29 is 14.7 Å². The number of phenolic OH excluding ortho intramolecular Hbond substituents is 1. The summed E-state index contributed by atoms with van der Waals surface area (Å²) in [6.45, 7) is 0.351. The van der Waals surface area contributed by atoms with Crippen molar-refractivity contribution in [1.82, 2.24) is 4.57 Å². The highest BCUT2D eigenvalue weighted by Gasteiger charge is 2.27. The minimum absolute atomic E-state index is 0.0213. The third-order valence-electron chi connectivity index (χ3n) is 4.77. The van der Waals surface area contributed by atoms with E-state index in [9.17, 15) is 14.7 Å². The number of nitrogens with zero attached hydrogens (tertiary/aromatic N) is 1. The number of Topliss-reactive ketones (excluding diaryl/α,β-unsaturated/α-hetero) is 1. The number of nitrogens with one attached hydrogen (secondary N) is 1. The molecule has 2 N–H and O–H groups in total. The molecule has 31 heavy (non-hydrogen) atoms. The molecule has 0 aliphatic carbocycles. The van der Waals surface area contributed by atoms with Gasteiger partial charge in [-0.2, -0.15) is 0 Å². The number of fused-ring (bicyclic) bond motifs is 1. The van der Waals surface area contributed by atoms with Gasteiger partial charge in [-0.3, -0.25) is 9.59 Å². The van der Waals surface area contributed by atoms with E-state index >= 15 is 0 Å². The first kappa shape index (κ1) is 21.2. The summed E-state index contributed by atoms with van der Waals surface area (Å²) in [5.41, 5.74) is 1.96. The Hall–Kier alpha value is -2.99. The maximum Gasteiger partial charge on any atom is 0.296 e. The Morgan fingerprint density at radius 2 is 1.48 bits per heavy atom. The van der Waals surface area contributed by atoms with E-state index in [4.69, 9.17) is 34.8 Å². The molecule has 0 saturated heterocycles. The van der Waals surface area contributed by atoms with Crippen molar-refractivity contribution in [1.29, 1.82) is 0 Å². The summed E-state index contributed by atoms with van der Waals surface area (Å²) >= 11 is 18.4. The molecule has 0 aliphatic rings. The fourth-order valence-corrected chi connectivity index (χ4v) is 3.88. The molecule has 0 unspecified atom stereocenters. The Balaban J connectivity index is 1.74. The minimum Gasteiger partial charge on any atom is -0.508 e. The molecular weight excluding hydrogens is 459 g/mol. The summed E-state index contributed by atoms with van der Waals surface area (Å²) in [4.78, 5) is 25.7. The van der Waals surface area contributed by atoms with Crippen molar-refractivity contribution in [3.8, 4) is 5.75 Å². The Morgan fingerprint density at radius 1 is 0.871 bits per heavy atom. The number of carbonyl (C=O) groups is 2. The molecule has 0 saturated carbocycles. The van der Waals surface area contributed by atoms with Crippen LogP contribution < -0.4 is 5.32 Å². The van der Waals surface area contributed by atoms with E-state index in [0.717, 1.165) is 5.56 Å². The van der Waals surface area contributed by atoms with Gasteiger partial charge in [0.15, 0.2) is 0 Å². The van der Waals surface area contributed by atoms with Crippen LogP contribution in [0.15, 0.2) is 66.7 Å². The van der Waals surface area contributed by atoms with Gasteiger partial charge in [0.25, 0.3) is 11.7 Å². The van der Waals surface area contributed by atoms with Crippen LogP contribution in [0.4, 0.5) is 5.69 Å². The molecule has 156 valence electrons. The van der Waals surface area contributed by atoms with Gasteiger partial charge in [0.1, 0.15) is 10.9 Å². The fourth-order valence-electron chi connectivity index (χ4n) is 3.29. The van der Waals surface area contributed by atoms with Crippen LogP contribution in [0, 0.1) is 0 Å². The van der Waals surface area contributed by atoms with Crippen LogP contribution in [0.25, 0.3) is 10.9 Å². The standard InChI is InChI=1S/C23H15Cl3N2O3/c24-14-3-1-13(2-4-14)12-28-19-10-9-17(29)11-18(19)20(22(28)26)21(30)23(31)27-16-7-5-15(25)6-8-16/h1-11,29H,12H2,(H,27,31). The zero-order valence-electron chi connectivity index (χ0n) is 15.9. The minimum atomic E-state index is -0.849. The number of carbonyl (C=O) groups excluding carboxylic acids is 2.